The van der Waals surface area contributed by atoms with Crippen LogP contribution in [0.1, 0.15) is 11.3 Å². The Morgan fingerprint density at radius 1 is 1.33 bits per heavy atom. The highest BCUT2D eigenvalue weighted by atomic mass is 16.5. The first kappa shape index (κ1) is 15.0. The zero-order chi connectivity index (χ0) is 15.1. The molecule has 1 aromatic heterocycles. The molecule has 1 amide bonds. The third kappa shape index (κ3) is 4.89. The number of aryl methyl sites for hydroxylation is 1. The molecule has 5 heteroatoms. The van der Waals surface area contributed by atoms with Gasteiger partial charge in [-0.3, -0.25) is 9.78 Å². The number of carbonyl (C=O) groups excluding carboxylic acids is 1. The molecule has 5 nitrogen and oxygen atoms in total. The van der Waals surface area contributed by atoms with E-state index in [1.54, 1.807) is 18.3 Å². The van der Waals surface area contributed by atoms with Gasteiger partial charge >= 0.3 is 0 Å². The number of hydrogen-bond acceptors (Lipinski definition) is 4. The second-order valence-corrected chi connectivity index (χ2v) is 4.75. The van der Waals surface area contributed by atoms with Crippen molar-refractivity contribution in [2.45, 2.75) is 13.3 Å². The fourth-order valence-corrected chi connectivity index (χ4v) is 1.90. The van der Waals surface area contributed by atoms with Crippen molar-refractivity contribution in [3.05, 3.63) is 53.9 Å². The quantitative estimate of drug-likeness (QED) is 0.630. The average Bonchev–Trinajstić information content (AvgIpc) is 2.48. The Labute approximate surface area is 124 Å². The van der Waals surface area contributed by atoms with E-state index in [-0.39, 0.29) is 12.5 Å². The topological polar surface area (TPSA) is 77.2 Å². The van der Waals surface area contributed by atoms with E-state index in [9.17, 15) is 4.79 Å². The van der Waals surface area contributed by atoms with Gasteiger partial charge in [0.1, 0.15) is 6.61 Å². The number of amides is 1. The lowest BCUT2D eigenvalue weighted by atomic mass is 10.2. The second-order valence-electron chi connectivity index (χ2n) is 4.75. The summed E-state index contributed by atoms with van der Waals surface area (Å²) in [6, 6.07) is 11.1. The van der Waals surface area contributed by atoms with Crippen LogP contribution in [0.25, 0.3) is 0 Å². The van der Waals surface area contributed by atoms with Crippen LogP contribution in [0.4, 0.5) is 11.4 Å². The van der Waals surface area contributed by atoms with Crippen LogP contribution >= 0.6 is 0 Å². The highest BCUT2D eigenvalue weighted by Gasteiger charge is 2.05. The van der Waals surface area contributed by atoms with Crippen LogP contribution in [0.3, 0.4) is 0 Å². The van der Waals surface area contributed by atoms with Gasteiger partial charge < -0.3 is 15.8 Å². The fourth-order valence-electron chi connectivity index (χ4n) is 1.90. The first-order valence-corrected chi connectivity index (χ1v) is 6.79. The molecular formula is C16H19N3O2. The number of nitrogens with one attached hydrogen (secondary N) is 1. The Morgan fingerprint density at radius 3 is 2.90 bits per heavy atom. The SMILES string of the molecule is Cc1cc(N)ccc1NC(=O)COCCc1ccccn1. The van der Waals surface area contributed by atoms with Gasteiger partial charge in [0.2, 0.25) is 5.91 Å². The minimum atomic E-state index is -0.177. The number of nitrogens with two attached hydrogens (primary N) is 1. The number of rotatable bonds is 6. The molecule has 0 fully saturated rings. The molecular weight excluding hydrogens is 266 g/mol. The molecule has 1 aromatic carbocycles. The summed E-state index contributed by atoms with van der Waals surface area (Å²) in [5.41, 5.74) is 8.98. The number of nitrogen functional groups attached to an aromatic ring is 1. The van der Waals surface area contributed by atoms with Crippen molar-refractivity contribution in [1.29, 1.82) is 0 Å². The number of benzene rings is 1. The van der Waals surface area contributed by atoms with E-state index in [2.05, 4.69) is 10.3 Å². The van der Waals surface area contributed by atoms with Gasteiger partial charge in [-0.15, -0.1) is 0 Å². The smallest absolute Gasteiger partial charge is 0.250 e. The molecule has 0 aliphatic carbocycles. The minimum absolute atomic E-state index is 0.0245. The van der Waals surface area contributed by atoms with Crippen LogP contribution in [0.15, 0.2) is 42.6 Å². The van der Waals surface area contributed by atoms with Crippen LogP contribution < -0.4 is 11.1 Å². The summed E-state index contributed by atoms with van der Waals surface area (Å²) in [4.78, 5) is 16.0. The largest absolute Gasteiger partial charge is 0.399 e. The Morgan fingerprint density at radius 2 is 2.19 bits per heavy atom. The van der Waals surface area contributed by atoms with Crippen LogP contribution in [0.2, 0.25) is 0 Å². The third-order valence-electron chi connectivity index (χ3n) is 2.99. The lowest BCUT2D eigenvalue weighted by molar-refractivity contribution is -0.120. The lowest BCUT2D eigenvalue weighted by Crippen LogP contribution is -2.19. The van der Waals surface area contributed by atoms with E-state index in [1.807, 2.05) is 31.2 Å². The molecule has 0 saturated heterocycles. The maximum Gasteiger partial charge on any atom is 0.250 e. The Balaban J connectivity index is 1.72. The van der Waals surface area contributed by atoms with Gasteiger partial charge in [0.05, 0.1) is 6.61 Å². The molecule has 0 bridgehead atoms. The molecule has 1 heterocycles. The van der Waals surface area contributed by atoms with Crippen molar-refractivity contribution in [3.8, 4) is 0 Å². The molecule has 0 spiro atoms. The van der Waals surface area contributed by atoms with Crippen LogP contribution in [0.5, 0.6) is 0 Å². The number of nitrogens with zero attached hydrogens (tertiary/aromatic N) is 1. The second kappa shape index (κ2) is 7.40. The normalized spacial score (nSPS) is 10.3. The van der Waals surface area contributed by atoms with Gasteiger partial charge in [0.15, 0.2) is 0 Å². The standard InChI is InChI=1S/C16H19N3O2/c1-12-10-13(17)5-6-15(12)19-16(20)11-21-9-7-14-4-2-3-8-18-14/h2-6,8,10H,7,9,11,17H2,1H3,(H,19,20). The monoisotopic (exact) mass is 285 g/mol. The van der Waals surface area contributed by atoms with Gasteiger partial charge in [-0.05, 0) is 42.8 Å². The molecule has 110 valence electrons. The molecule has 0 aliphatic heterocycles. The molecule has 3 N–H and O–H groups in total. The predicted octanol–water partition coefficient (Wildman–Crippen LogP) is 2.17. The minimum Gasteiger partial charge on any atom is -0.399 e. The summed E-state index contributed by atoms with van der Waals surface area (Å²) >= 11 is 0. The third-order valence-corrected chi connectivity index (χ3v) is 2.99. The zero-order valence-corrected chi connectivity index (χ0v) is 12.0. The molecule has 0 radical (unpaired) electrons. The van der Waals surface area contributed by atoms with Crippen molar-refractivity contribution >= 4 is 17.3 Å². The highest BCUT2D eigenvalue weighted by molar-refractivity contribution is 5.92. The fraction of sp³-hybridized carbons (Fsp3) is 0.250. The van der Waals surface area contributed by atoms with Crippen LogP contribution in [-0.4, -0.2) is 24.1 Å². The zero-order valence-electron chi connectivity index (χ0n) is 12.0. The van der Waals surface area contributed by atoms with Crippen LogP contribution in [0, 0.1) is 6.92 Å². The number of anilines is 2. The summed E-state index contributed by atoms with van der Waals surface area (Å²) in [6.45, 7) is 2.38. The summed E-state index contributed by atoms with van der Waals surface area (Å²) in [7, 11) is 0. The first-order chi connectivity index (χ1) is 10.1. The van der Waals surface area contributed by atoms with Crippen molar-refractivity contribution < 1.29 is 9.53 Å². The van der Waals surface area contributed by atoms with Gasteiger partial charge in [0.25, 0.3) is 0 Å². The van der Waals surface area contributed by atoms with Crippen molar-refractivity contribution in [2.75, 3.05) is 24.3 Å². The maximum atomic E-state index is 11.8. The van der Waals surface area contributed by atoms with Crippen LogP contribution in [-0.2, 0) is 16.0 Å². The molecule has 2 aromatic rings. The molecule has 0 saturated carbocycles. The average molecular weight is 285 g/mol. The van der Waals surface area contributed by atoms with Crippen molar-refractivity contribution in [1.82, 2.24) is 4.98 Å². The molecule has 21 heavy (non-hydrogen) atoms. The van der Waals surface area contributed by atoms with E-state index < -0.39 is 0 Å². The summed E-state index contributed by atoms with van der Waals surface area (Å²) < 4.78 is 5.36. The molecule has 0 aliphatic rings. The summed E-state index contributed by atoms with van der Waals surface area (Å²) in [6.07, 6.45) is 2.43. The Kier molecular flexibility index (Phi) is 5.29. The van der Waals surface area contributed by atoms with E-state index in [0.717, 1.165) is 16.9 Å². The number of carbonyl (C=O) groups is 1. The highest BCUT2D eigenvalue weighted by Crippen LogP contribution is 2.17. The van der Waals surface area contributed by atoms with Gasteiger partial charge in [0, 0.05) is 29.7 Å². The molecule has 0 unspecified atom stereocenters. The van der Waals surface area contributed by atoms with Gasteiger partial charge in [-0.25, -0.2) is 0 Å². The Hall–Kier alpha value is -2.40. The van der Waals surface area contributed by atoms with Gasteiger partial charge in [-0.2, -0.15) is 0 Å². The number of aromatic nitrogens is 1. The van der Waals surface area contributed by atoms with E-state index in [0.29, 0.717) is 18.7 Å². The van der Waals surface area contributed by atoms with E-state index in [4.69, 9.17) is 10.5 Å². The Bertz CT molecular complexity index is 600. The molecule has 0 atom stereocenters. The van der Waals surface area contributed by atoms with Crippen molar-refractivity contribution in [3.63, 3.8) is 0 Å². The van der Waals surface area contributed by atoms with Gasteiger partial charge in [-0.1, -0.05) is 6.07 Å². The van der Waals surface area contributed by atoms with E-state index >= 15 is 0 Å². The van der Waals surface area contributed by atoms with Crippen molar-refractivity contribution in [2.24, 2.45) is 0 Å². The predicted molar refractivity (Wildman–Crippen MR) is 83.0 cm³/mol. The first-order valence-electron chi connectivity index (χ1n) is 6.79. The number of ether oxygens (including phenoxy) is 1. The summed E-state index contributed by atoms with van der Waals surface area (Å²) in [5, 5.41) is 2.80. The summed E-state index contributed by atoms with van der Waals surface area (Å²) in [5.74, 6) is -0.177. The number of hydrogen-bond donors (Lipinski definition) is 2. The maximum absolute atomic E-state index is 11.8. The lowest BCUT2D eigenvalue weighted by Gasteiger charge is -2.09. The molecule has 2 rings (SSSR count). The van der Waals surface area contributed by atoms with E-state index in [1.165, 1.54) is 0 Å². The number of pyridine rings is 1.